The van der Waals surface area contributed by atoms with E-state index in [4.69, 9.17) is 0 Å². The number of carbonyl (C=O) groups is 1. The van der Waals surface area contributed by atoms with Gasteiger partial charge in [-0.2, -0.15) is 0 Å². The van der Waals surface area contributed by atoms with Gasteiger partial charge in [0, 0.05) is 19.3 Å². The molecular formula is C33H30N2O3. The van der Waals surface area contributed by atoms with E-state index in [2.05, 4.69) is 35.6 Å². The molecule has 38 heavy (non-hydrogen) atoms. The molecule has 0 radical (unpaired) electrons. The maximum atomic E-state index is 12.6. The van der Waals surface area contributed by atoms with Crippen LogP contribution in [0.4, 0.5) is 10.5 Å². The fourth-order valence-electron chi connectivity index (χ4n) is 4.65. The summed E-state index contributed by atoms with van der Waals surface area (Å²) >= 11 is 0. The smallest absolute Gasteiger partial charge is 0.321 e. The lowest BCUT2D eigenvalue weighted by atomic mass is 9.90. The molecule has 0 saturated carbocycles. The van der Waals surface area contributed by atoms with Crippen LogP contribution in [0.5, 0.6) is 11.5 Å². The first-order valence-corrected chi connectivity index (χ1v) is 12.6. The summed E-state index contributed by atoms with van der Waals surface area (Å²) in [5, 5.41) is 24.7. The summed E-state index contributed by atoms with van der Waals surface area (Å²) in [6.45, 7) is 2.50. The average molecular weight is 503 g/mol. The predicted octanol–water partition coefficient (Wildman–Crippen LogP) is 7.48. The van der Waals surface area contributed by atoms with Crippen molar-refractivity contribution < 1.29 is 15.0 Å². The second-order valence-electron chi connectivity index (χ2n) is 9.69. The Kier molecular flexibility index (Phi) is 7.00. The van der Waals surface area contributed by atoms with E-state index in [0.717, 1.165) is 49.8 Å². The van der Waals surface area contributed by atoms with Crippen molar-refractivity contribution in [2.45, 2.75) is 19.9 Å². The van der Waals surface area contributed by atoms with Crippen LogP contribution in [0.25, 0.3) is 21.9 Å². The summed E-state index contributed by atoms with van der Waals surface area (Å²) in [5.41, 5.74) is 7.35. The number of phenols is 2. The van der Waals surface area contributed by atoms with Crippen LogP contribution in [0, 0.1) is 6.92 Å². The quantitative estimate of drug-likeness (QED) is 0.225. The minimum Gasteiger partial charge on any atom is -0.508 e. The molecule has 0 bridgehead atoms. The number of benzene rings is 5. The number of amides is 2. The van der Waals surface area contributed by atoms with Gasteiger partial charge in [0.25, 0.3) is 0 Å². The first kappa shape index (κ1) is 24.9. The van der Waals surface area contributed by atoms with Crippen molar-refractivity contribution in [2.75, 3.05) is 12.4 Å². The first-order valence-electron chi connectivity index (χ1n) is 12.6. The van der Waals surface area contributed by atoms with Gasteiger partial charge >= 0.3 is 6.03 Å². The van der Waals surface area contributed by atoms with Gasteiger partial charge in [0.05, 0.1) is 0 Å². The SMILES string of the molecule is Cc1ccc(NC(=O)N(C)Cc2ccc(Cc3c(-c4ccc(O)cc4)ccc4cc(O)ccc34)cc2)cc1. The molecule has 0 aromatic heterocycles. The molecule has 2 amide bonds. The van der Waals surface area contributed by atoms with Crippen molar-refractivity contribution in [1.29, 1.82) is 0 Å². The molecule has 0 atom stereocenters. The maximum absolute atomic E-state index is 12.6. The standard InChI is InChI=1S/C33H30N2O3/c1-22-3-12-27(13-4-22)34-33(38)35(2)21-24-7-5-23(6-8-24)19-32-30(25-9-14-28(36)15-10-25)17-11-26-20-29(37)16-18-31(26)32/h3-18,20,36-37H,19,21H2,1-2H3,(H,34,38). The second kappa shape index (κ2) is 10.7. The van der Waals surface area contributed by atoms with Crippen molar-refractivity contribution in [3.8, 4) is 22.6 Å². The molecule has 0 aliphatic carbocycles. The van der Waals surface area contributed by atoms with Crippen LogP contribution >= 0.6 is 0 Å². The molecule has 0 fully saturated rings. The summed E-state index contributed by atoms with van der Waals surface area (Å²) in [6, 6.07) is 32.7. The fraction of sp³-hybridized carbons (Fsp3) is 0.121. The van der Waals surface area contributed by atoms with Gasteiger partial charge in [0.2, 0.25) is 0 Å². The predicted molar refractivity (Wildman–Crippen MR) is 154 cm³/mol. The van der Waals surface area contributed by atoms with Crippen LogP contribution in [0.2, 0.25) is 0 Å². The number of aromatic hydroxyl groups is 2. The van der Waals surface area contributed by atoms with Crippen LogP contribution < -0.4 is 5.32 Å². The zero-order chi connectivity index (χ0) is 26.6. The van der Waals surface area contributed by atoms with E-state index in [9.17, 15) is 15.0 Å². The molecule has 0 aliphatic heterocycles. The van der Waals surface area contributed by atoms with E-state index in [1.165, 1.54) is 0 Å². The summed E-state index contributed by atoms with van der Waals surface area (Å²) in [4.78, 5) is 14.3. The van der Waals surface area contributed by atoms with E-state index in [1.807, 2.05) is 55.5 Å². The van der Waals surface area contributed by atoms with E-state index in [1.54, 1.807) is 36.2 Å². The number of hydrogen-bond donors (Lipinski definition) is 3. The van der Waals surface area contributed by atoms with Gasteiger partial charge in [0.15, 0.2) is 0 Å². The van der Waals surface area contributed by atoms with Crippen LogP contribution in [0.1, 0.15) is 22.3 Å². The first-order chi connectivity index (χ1) is 18.4. The Morgan fingerprint density at radius 2 is 1.42 bits per heavy atom. The van der Waals surface area contributed by atoms with Gasteiger partial charge in [-0.05, 0) is 88.3 Å². The van der Waals surface area contributed by atoms with Gasteiger partial charge in [-0.25, -0.2) is 4.79 Å². The number of carbonyl (C=O) groups excluding carboxylic acids is 1. The zero-order valence-electron chi connectivity index (χ0n) is 21.5. The minimum atomic E-state index is -0.157. The average Bonchev–Trinajstić information content (AvgIpc) is 2.91. The molecule has 0 spiro atoms. The Morgan fingerprint density at radius 1 is 0.763 bits per heavy atom. The molecule has 5 nitrogen and oxygen atoms in total. The van der Waals surface area contributed by atoms with Crippen molar-refractivity contribution in [3.05, 3.63) is 125 Å². The lowest BCUT2D eigenvalue weighted by Gasteiger charge is -2.19. The van der Waals surface area contributed by atoms with E-state index in [0.29, 0.717) is 13.0 Å². The van der Waals surface area contributed by atoms with Gasteiger partial charge in [0.1, 0.15) is 11.5 Å². The summed E-state index contributed by atoms with van der Waals surface area (Å²) in [5.74, 6) is 0.467. The lowest BCUT2D eigenvalue weighted by Crippen LogP contribution is -2.30. The van der Waals surface area contributed by atoms with Crippen LogP contribution in [0.15, 0.2) is 103 Å². The van der Waals surface area contributed by atoms with Crippen molar-refractivity contribution >= 4 is 22.5 Å². The zero-order valence-corrected chi connectivity index (χ0v) is 21.5. The normalized spacial score (nSPS) is 10.9. The topological polar surface area (TPSA) is 72.8 Å². The number of rotatable bonds is 6. The molecule has 5 heteroatoms. The molecule has 0 saturated heterocycles. The van der Waals surface area contributed by atoms with Crippen LogP contribution in [-0.4, -0.2) is 28.2 Å². The molecule has 5 rings (SSSR count). The highest BCUT2D eigenvalue weighted by Gasteiger charge is 2.13. The number of phenolic OH excluding ortho intramolecular Hbond substituents is 2. The molecule has 190 valence electrons. The van der Waals surface area contributed by atoms with Crippen molar-refractivity contribution in [1.82, 2.24) is 4.90 Å². The fourth-order valence-corrected chi connectivity index (χ4v) is 4.65. The van der Waals surface area contributed by atoms with Gasteiger partial charge < -0.3 is 20.4 Å². The molecular weight excluding hydrogens is 472 g/mol. The highest BCUT2D eigenvalue weighted by molar-refractivity contribution is 5.93. The summed E-state index contributed by atoms with van der Waals surface area (Å²) < 4.78 is 0. The third kappa shape index (κ3) is 5.62. The van der Waals surface area contributed by atoms with Crippen LogP contribution in [-0.2, 0) is 13.0 Å². The number of urea groups is 1. The second-order valence-corrected chi connectivity index (χ2v) is 9.69. The maximum Gasteiger partial charge on any atom is 0.321 e. The number of nitrogens with one attached hydrogen (secondary N) is 1. The van der Waals surface area contributed by atoms with Crippen LogP contribution in [0.3, 0.4) is 0 Å². The largest absolute Gasteiger partial charge is 0.508 e. The summed E-state index contributed by atoms with van der Waals surface area (Å²) in [6.07, 6.45) is 0.697. The minimum absolute atomic E-state index is 0.157. The van der Waals surface area contributed by atoms with Gasteiger partial charge in [-0.1, -0.05) is 72.3 Å². The van der Waals surface area contributed by atoms with E-state index in [-0.39, 0.29) is 17.5 Å². The van der Waals surface area contributed by atoms with Gasteiger partial charge in [-0.3, -0.25) is 0 Å². The molecule has 5 aromatic carbocycles. The molecule has 0 heterocycles. The highest BCUT2D eigenvalue weighted by Crippen LogP contribution is 2.34. The van der Waals surface area contributed by atoms with Crippen molar-refractivity contribution in [3.63, 3.8) is 0 Å². The van der Waals surface area contributed by atoms with E-state index < -0.39 is 0 Å². The lowest BCUT2D eigenvalue weighted by molar-refractivity contribution is 0.220. The third-order valence-electron chi connectivity index (χ3n) is 6.77. The molecule has 5 aromatic rings. The van der Waals surface area contributed by atoms with E-state index >= 15 is 0 Å². The highest BCUT2D eigenvalue weighted by atomic mass is 16.3. The Balaban J connectivity index is 1.36. The number of anilines is 1. The monoisotopic (exact) mass is 502 g/mol. The third-order valence-corrected chi connectivity index (χ3v) is 6.77. The Labute approximate surface area is 222 Å². The molecule has 0 unspecified atom stereocenters. The number of hydrogen-bond acceptors (Lipinski definition) is 3. The Hall–Kier alpha value is -4.77. The Morgan fingerprint density at radius 3 is 2.13 bits per heavy atom. The number of fused-ring (bicyclic) bond motifs is 1. The Bertz CT molecular complexity index is 1570. The number of nitrogens with zero attached hydrogens (tertiary/aromatic N) is 1. The number of aryl methyl sites for hydroxylation is 1. The van der Waals surface area contributed by atoms with Gasteiger partial charge in [-0.15, -0.1) is 0 Å². The molecule has 0 aliphatic rings. The van der Waals surface area contributed by atoms with Crippen molar-refractivity contribution in [2.24, 2.45) is 0 Å². The summed E-state index contributed by atoms with van der Waals surface area (Å²) in [7, 11) is 1.78. The molecule has 3 N–H and O–H groups in total.